The number of hydrogen-bond acceptors (Lipinski definition) is 2. The van der Waals surface area contributed by atoms with Gasteiger partial charge in [0.25, 0.3) is 0 Å². The van der Waals surface area contributed by atoms with Gasteiger partial charge in [-0.15, -0.1) is 0 Å². The van der Waals surface area contributed by atoms with Gasteiger partial charge in [0.15, 0.2) is 0 Å². The van der Waals surface area contributed by atoms with Crippen molar-refractivity contribution in [1.82, 2.24) is 14.4 Å². The summed E-state index contributed by atoms with van der Waals surface area (Å²) < 4.78 is 2.01. The zero-order valence-electron chi connectivity index (χ0n) is 8.96. The van der Waals surface area contributed by atoms with Gasteiger partial charge in [-0.05, 0) is 30.7 Å². The lowest BCUT2D eigenvalue weighted by Crippen LogP contribution is -1.87. The fourth-order valence-corrected chi connectivity index (χ4v) is 1.73. The van der Waals surface area contributed by atoms with E-state index in [1.807, 2.05) is 35.9 Å². The molecule has 0 spiro atoms. The molecule has 0 fully saturated rings. The molecule has 0 aliphatic carbocycles. The maximum absolute atomic E-state index is 4.30. The van der Waals surface area contributed by atoms with Crippen molar-refractivity contribution >= 4 is 5.65 Å². The van der Waals surface area contributed by atoms with Crippen LogP contribution in [0.3, 0.4) is 0 Å². The van der Waals surface area contributed by atoms with E-state index >= 15 is 0 Å². The van der Waals surface area contributed by atoms with Crippen LogP contribution in [0.15, 0.2) is 49.1 Å². The zero-order valence-corrected chi connectivity index (χ0v) is 8.96. The van der Waals surface area contributed by atoms with Crippen LogP contribution < -0.4 is 0 Å². The summed E-state index contributed by atoms with van der Waals surface area (Å²) in [5.74, 6) is 0. The van der Waals surface area contributed by atoms with Gasteiger partial charge in [0.1, 0.15) is 5.65 Å². The average molecular weight is 209 g/mol. The monoisotopic (exact) mass is 209 g/mol. The Morgan fingerprint density at radius 3 is 2.69 bits per heavy atom. The molecule has 3 heterocycles. The van der Waals surface area contributed by atoms with Crippen molar-refractivity contribution in [2.75, 3.05) is 0 Å². The summed E-state index contributed by atoms with van der Waals surface area (Å²) in [6, 6.07) is 8.18. The fraction of sp³-hybridized carbons (Fsp3) is 0.0769. The molecule has 0 atom stereocenters. The van der Waals surface area contributed by atoms with E-state index in [-0.39, 0.29) is 0 Å². The Hall–Kier alpha value is -2.16. The van der Waals surface area contributed by atoms with E-state index in [9.17, 15) is 0 Å². The van der Waals surface area contributed by atoms with Gasteiger partial charge in [0.05, 0.1) is 0 Å². The molecule has 0 aromatic carbocycles. The molecule has 0 radical (unpaired) electrons. The maximum Gasteiger partial charge on any atom is 0.136 e. The molecule has 0 amide bonds. The van der Waals surface area contributed by atoms with E-state index in [0.717, 1.165) is 22.5 Å². The summed E-state index contributed by atoms with van der Waals surface area (Å²) in [5, 5.41) is 0. The summed E-state index contributed by atoms with van der Waals surface area (Å²) in [4.78, 5) is 8.51. The lowest BCUT2D eigenvalue weighted by Gasteiger charge is -2.02. The third kappa shape index (κ3) is 1.46. The van der Waals surface area contributed by atoms with E-state index in [1.54, 1.807) is 6.20 Å². The Kier molecular flexibility index (Phi) is 1.96. The van der Waals surface area contributed by atoms with Crippen LogP contribution in [0.25, 0.3) is 16.8 Å². The highest BCUT2D eigenvalue weighted by atomic mass is 15.0. The van der Waals surface area contributed by atoms with Crippen molar-refractivity contribution in [2.45, 2.75) is 6.92 Å². The molecular formula is C13H11N3. The normalized spacial score (nSPS) is 10.8. The van der Waals surface area contributed by atoms with Gasteiger partial charge in [0.2, 0.25) is 0 Å². The second-order valence-corrected chi connectivity index (χ2v) is 3.80. The van der Waals surface area contributed by atoms with Crippen LogP contribution in [0.4, 0.5) is 0 Å². The lowest BCUT2D eigenvalue weighted by atomic mass is 10.1. The molecule has 0 aliphatic heterocycles. The van der Waals surface area contributed by atoms with Gasteiger partial charge in [0, 0.05) is 36.0 Å². The van der Waals surface area contributed by atoms with Gasteiger partial charge in [-0.3, -0.25) is 4.98 Å². The number of fused-ring (bicyclic) bond motifs is 1. The minimum absolute atomic E-state index is 0.962. The van der Waals surface area contributed by atoms with Crippen LogP contribution in [0, 0.1) is 6.92 Å². The summed E-state index contributed by atoms with van der Waals surface area (Å²) in [7, 11) is 0. The number of nitrogens with zero attached hydrogens (tertiary/aromatic N) is 3. The highest BCUT2D eigenvalue weighted by Gasteiger charge is 2.00. The van der Waals surface area contributed by atoms with Crippen molar-refractivity contribution in [2.24, 2.45) is 0 Å². The Bertz CT molecular complexity index is 623. The molecule has 0 N–H and O–H groups in total. The minimum atomic E-state index is 0.962. The first-order valence-corrected chi connectivity index (χ1v) is 5.19. The van der Waals surface area contributed by atoms with Crippen LogP contribution >= 0.6 is 0 Å². The molecule has 3 aromatic rings. The Labute approximate surface area is 93.4 Å². The summed E-state index contributed by atoms with van der Waals surface area (Å²) in [6.45, 7) is 1.99. The largest absolute Gasteiger partial charge is 0.306 e. The molecule has 0 saturated heterocycles. The maximum atomic E-state index is 4.30. The van der Waals surface area contributed by atoms with Crippen LogP contribution in [0.5, 0.6) is 0 Å². The third-order valence-electron chi connectivity index (χ3n) is 2.63. The highest BCUT2D eigenvalue weighted by Crippen LogP contribution is 2.18. The number of imidazole rings is 1. The van der Waals surface area contributed by atoms with E-state index in [0.29, 0.717) is 0 Å². The van der Waals surface area contributed by atoms with Crippen molar-refractivity contribution in [1.29, 1.82) is 0 Å². The molecule has 0 unspecified atom stereocenters. The second kappa shape index (κ2) is 3.45. The Morgan fingerprint density at radius 2 is 1.88 bits per heavy atom. The van der Waals surface area contributed by atoms with Crippen molar-refractivity contribution in [3.63, 3.8) is 0 Å². The molecule has 3 heteroatoms. The summed E-state index contributed by atoms with van der Waals surface area (Å²) in [6.07, 6.45) is 7.70. The quantitative estimate of drug-likeness (QED) is 0.616. The summed E-state index contributed by atoms with van der Waals surface area (Å²) in [5.41, 5.74) is 4.27. The van der Waals surface area contributed by atoms with Crippen LogP contribution in [0.1, 0.15) is 5.69 Å². The SMILES string of the molecule is Cc1ccc(-c2ccc3nccn3c2)cn1. The van der Waals surface area contributed by atoms with Gasteiger partial charge >= 0.3 is 0 Å². The zero-order chi connectivity index (χ0) is 11.0. The molecule has 0 saturated carbocycles. The standard InChI is InChI=1S/C13H11N3/c1-10-2-3-11(8-15-10)12-4-5-13-14-6-7-16(13)9-12/h2-9H,1H3. The minimum Gasteiger partial charge on any atom is -0.306 e. The van der Waals surface area contributed by atoms with Crippen molar-refractivity contribution < 1.29 is 0 Å². The molecule has 0 bridgehead atoms. The predicted molar refractivity (Wildman–Crippen MR) is 63.2 cm³/mol. The van der Waals surface area contributed by atoms with Crippen LogP contribution in [-0.2, 0) is 0 Å². The van der Waals surface area contributed by atoms with E-state index in [2.05, 4.69) is 28.3 Å². The molecule has 3 aromatic heterocycles. The van der Waals surface area contributed by atoms with Crippen molar-refractivity contribution in [3.8, 4) is 11.1 Å². The smallest absolute Gasteiger partial charge is 0.136 e. The predicted octanol–water partition coefficient (Wildman–Crippen LogP) is 2.70. The third-order valence-corrected chi connectivity index (χ3v) is 2.63. The van der Waals surface area contributed by atoms with E-state index in [1.165, 1.54) is 0 Å². The Morgan fingerprint density at radius 1 is 1.00 bits per heavy atom. The van der Waals surface area contributed by atoms with Gasteiger partial charge in [-0.2, -0.15) is 0 Å². The summed E-state index contributed by atoms with van der Waals surface area (Å²) >= 11 is 0. The van der Waals surface area contributed by atoms with Gasteiger partial charge < -0.3 is 4.40 Å². The number of hydrogen-bond donors (Lipinski definition) is 0. The lowest BCUT2D eigenvalue weighted by molar-refractivity contribution is 1.17. The topological polar surface area (TPSA) is 30.2 Å². The fourth-order valence-electron chi connectivity index (χ4n) is 1.73. The first-order valence-electron chi connectivity index (χ1n) is 5.19. The highest BCUT2D eigenvalue weighted by molar-refractivity contribution is 5.63. The average Bonchev–Trinajstić information content (AvgIpc) is 2.77. The molecule has 0 aliphatic rings. The first-order chi connectivity index (χ1) is 7.83. The molecule has 16 heavy (non-hydrogen) atoms. The van der Waals surface area contributed by atoms with E-state index < -0.39 is 0 Å². The van der Waals surface area contributed by atoms with Crippen LogP contribution in [-0.4, -0.2) is 14.4 Å². The van der Waals surface area contributed by atoms with Crippen molar-refractivity contribution in [3.05, 3.63) is 54.7 Å². The molecule has 3 nitrogen and oxygen atoms in total. The molecule has 3 rings (SSSR count). The van der Waals surface area contributed by atoms with E-state index in [4.69, 9.17) is 0 Å². The van der Waals surface area contributed by atoms with Gasteiger partial charge in [-0.1, -0.05) is 6.07 Å². The number of aryl methyl sites for hydroxylation is 1. The Balaban J connectivity index is 2.14. The molecule has 78 valence electrons. The van der Waals surface area contributed by atoms with Gasteiger partial charge in [-0.25, -0.2) is 4.98 Å². The number of pyridine rings is 2. The second-order valence-electron chi connectivity index (χ2n) is 3.80. The number of rotatable bonds is 1. The first kappa shape index (κ1) is 9.09. The number of aromatic nitrogens is 3. The van der Waals surface area contributed by atoms with Crippen LogP contribution in [0.2, 0.25) is 0 Å². The molecular weight excluding hydrogens is 198 g/mol.